The number of anilines is 1. The Morgan fingerprint density at radius 1 is 1.24 bits per heavy atom. The van der Waals surface area contributed by atoms with Gasteiger partial charge in [-0.05, 0) is 5.41 Å². The lowest BCUT2D eigenvalue weighted by atomic mass is 9.84. The van der Waals surface area contributed by atoms with Crippen LogP contribution in [-0.2, 0) is 0 Å². The number of aromatic nitrogens is 2. The van der Waals surface area contributed by atoms with Gasteiger partial charge in [-0.2, -0.15) is 5.10 Å². The van der Waals surface area contributed by atoms with Crippen LogP contribution in [0, 0.1) is 5.41 Å². The number of carbonyl (C=O) groups is 1. The van der Waals surface area contributed by atoms with E-state index in [1.165, 1.54) is 0 Å². The van der Waals surface area contributed by atoms with Crippen LogP contribution in [0.5, 0.6) is 0 Å². The van der Waals surface area contributed by atoms with Crippen LogP contribution >= 0.6 is 0 Å². The molecule has 0 spiro atoms. The van der Waals surface area contributed by atoms with Gasteiger partial charge in [-0.15, -0.1) is 0 Å². The molecule has 0 saturated carbocycles. The summed E-state index contributed by atoms with van der Waals surface area (Å²) in [5.41, 5.74) is 2.96. The van der Waals surface area contributed by atoms with Crippen molar-refractivity contribution in [2.75, 3.05) is 24.5 Å². The number of piperazine rings is 1. The standard InChI is InChI=1S/C18H24N4O2.H3N/c1-18(2,3)15-12-21(9-10-22(15)17(23)24)14-11-19-20-16(14)13-7-5-4-6-8-13;/h4-8,11,15H,9-10,12H2,1-3H3,(H,19,20)(H,23,24);1H3. The van der Waals surface area contributed by atoms with Gasteiger partial charge in [0.25, 0.3) is 0 Å². The molecular formula is C18H27N5O2. The molecule has 1 aromatic heterocycles. The molecule has 1 aliphatic rings. The molecule has 1 unspecified atom stereocenters. The summed E-state index contributed by atoms with van der Waals surface area (Å²) in [6.07, 6.45) is 0.989. The number of carboxylic acid groups (broad SMARTS) is 1. The highest BCUT2D eigenvalue weighted by Gasteiger charge is 2.38. The Hall–Kier alpha value is -2.54. The second-order valence-electron chi connectivity index (χ2n) is 7.30. The fraction of sp³-hybridized carbons (Fsp3) is 0.444. The van der Waals surface area contributed by atoms with Crippen LogP contribution in [-0.4, -0.2) is 52.0 Å². The van der Waals surface area contributed by atoms with E-state index in [9.17, 15) is 9.90 Å². The predicted molar refractivity (Wildman–Crippen MR) is 99.2 cm³/mol. The Morgan fingerprint density at radius 2 is 1.92 bits per heavy atom. The molecule has 1 aliphatic heterocycles. The summed E-state index contributed by atoms with van der Waals surface area (Å²) in [4.78, 5) is 15.4. The number of amides is 1. The first-order chi connectivity index (χ1) is 11.4. The molecule has 0 bridgehead atoms. The minimum atomic E-state index is -0.843. The largest absolute Gasteiger partial charge is 0.465 e. The maximum Gasteiger partial charge on any atom is 0.407 e. The van der Waals surface area contributed by atoms with Gasteiger partial charge in [-0.3, -0.25) is 5.10 Å². The summed E-state index contributed by atoms with van der Waals surface area (Å²) < 4.78 is 0. The molecule has 1 aromatic carbocycles. The number of nitrogens with one attached hydrogen (secondary N) is 1. The molecule has 3 rings (SSSR count). The Bertz CT molecular complexity index is 708. The Labute approximate surface area is 148 Å². The molecule has 1 atom stereocenters. The van der Waals surface area contributed by atoms with Gasteiger partial charge in [-0.25, -0.2) is 4.79 Å². The quantitative estimate of drug-likeness (QED) is 0.772. The summed E-state index contributed by atoms with van der Waals surface area (Å²) in [5, 5.41) is 16.8. The van der Waals surface area contributed by atoms with Crippen LogP contribution in [0.4, 0.5) is 10.5 Å². The second-order valence-corrected chi connectivity index (χ2v) is 7.30. The molecule has 1 fully saturated rings. The first-order valence-electron chi connectivity index (χ1n) is 8.21. The molecular weight excluding hydrogens is 318 g/mol. The van der Waals surface area contributed by atoms with Gasteiger partial charge >= 0.3 is 6.09 Å². The molecule has 136 valence electrons. The highest BCUT2D eigenvalue weighted by Crippen LogP contribution is 2.33. The fourth-order valence-electron chi connectivity index (χ4n) is 3.31. The average Bonchev–Trinajstić information content (AvgIpc) is 3.04. The van der Waals surface area contributed by atoms with E-state index in [0.29, 0.717) is 19.6 Å². The van der Waals surface area contributed by atoms with Crippen LogP contribution in [0.25, 0.3) is 11.3 Å². The number of hydrogen-bond donors (Lipinski definition) is 3. The fourth-order valence-corrected chi connectivity index (χ4v) is 3.31. The van der Waals surface area contributed by atoms with Crippen molar-refractivity contribution in [3.8, 4) is 11.3 Å². The van der Waals surface area contributed by atoms with Gasteiger partial charge < -0.3 is 21.1 Å². The van der Waals surface area contributed by atoms with Crippen molar-refractivity contribution in [1.82, 2.24) is 21.2 Å². The second kappa shape index (κ2) is 7.14. The molecule has 1 saturated heterocycles. The first kappa shape index (κ1) is 18.8. The molecule has 1 amide bonds. The number of hydrogen-bond acceptors (Lipinski definition) is 4. The van der Waals surface area contributed by atoms with Crippen molar-refractivity contribution >= 4 is 11.8 Å². The lowest BCUT2D eigenvalue weighted by Gasteiger charge is -2.46. The summed E-state index contributed by atoms with van der Waals surface area (Å²) in [7, 11) is 0. The minimum Gasteiger partial charge on any atom is -0.465 e. The molecule has 2 aromatic rings. The zero-order valence-electron chi connectivity index (χ0n) is 15.1. The van der Waals surface area contributed by atoms with E-state index in [1.807, 2.05) is 36.5 Å². The topological polar surface area (TPSA) is 107 Å². The molecule has 25 heavy (non-hydrogen) atoms. The van der Waals surface area contributed by atoms with Crippen molar-refractivity contribution in [3.05, 3.63) is 36.5 Å². The highest BCUT2D eigenvalue weighted by molar-refractivity contribution is 5.75. The van der Waals surface area contributed by atoms with Crippen LogP contribution in [0.15, 0.2) is 36.5 Å². The number of H-pyrrole nitrogens is 1. The Kier molecular flexibility index (Phi) is 5.37. The van der Waals surface area contributed by atoms with Gasteiger partial charge in [0, 0.05) is 25.2 Å². The number of aromatic amines is 1. The van der Waals surface area contributed by atoms with Crippen molar-refractivity contribution in [3.63, 3.8) is 0 Å². The van der Waals surface area contributed by atoms with Crippen molar-refractivity contribution < 1.29 is 9.90 Å². The smallest absolute Gasteiger partial charge is 0.407 e. The predicted octanol–water partition coefficient (Wildman–Crippen LogP) is 3.45. The molecule has 5 N–H and O–H groups in total. The maximum absolute atomic E-state index is 11.6. The molecule has 0 radical (unpaired) electrons. The normalized spacial score (nSPS) is 18.0. The average molecular weight is 345 g/mol. The van der Waals surface area contributed by atoms with E-state index in [1.54, 1.807) is 4.90 Å². The molecule has 2 heterocycles. The van der Waals surface area contributed by atoms with E-state index in [-0.39, 0.29) is 17.6 Å². The van der Waals surface area contributed by atoms with Crippen molar-refractivity contribution in [2.45, 2.75) is 26.8 Å². The van der Waals surface area contributed by atoms with Crippen LogP contribution in [0.3, 0.4) is 0 Å². The van der Waals surface area contributed by atoms with Gasteiger partial charge in [-0.1, -0.05) is 51.1 Å². The van der Waals surface area contributed by atoms with E-state index < -0.39 is 6.09 Å². The number of benzene rings is 1. The van der Waals surface area contributed by atoms with Gasteiger partial charge in [0.05, 0.1) is 23.6 Å². The highest BCUT2D eigenvalue weighted by atomic mass is 16.4. The molecule has 0 aliphatic carbocycles. The summed E-state index contributed by atoms with van der Waals surface area (Å²) in [6, 6.07) is 10.0. The van der Waals surface area contributed by atoms with E-state index in [0.717, 1.165) is 16.9 Å². The molecule has 7 nitrogen and oxygen atoms in total. The number of rotatable bonds is 2. The zero-order valence-corrected chi connectivity index (χ0v) is 15.1. The van der Waals surface area contributed by atoms with E-state index in [2.05, 4.69) is 35.9 Å². The molecule has 7 heteroatoms. The lowest BCUT2D eigenvalue weighted by Crippen LogP contribution is -2.59. The van der Waals surface area contributed by atoms with Crippen LogP contribution in [0.2, 0.25) is 0 Å². The third-order valence-corrected chi connectivity index (χ3v) is 4.65. The Balaban J connectivity index is 0.00000225. The van der Waals surface area contributed by atoms with Crippen LogP contribution < -0.4 is 11.1 Å². The third-order valence-electron chi connectivity index (χ3n) is 4.65. The van der Waals surface area contributed by atoms with Gasteiger partial charge in [0.2, 0.25) is 0 Å². The van der Waals surface area contributed by atoms with E-state index >= 15 is 0 Å². The van der Waals surface area contributed by atoms with E-state index in [4.69, 9.17) is 0 Å². The lowest BCUT2D eigenvalue weighted by molar-refractivity contribution is 0.0749. The minimum absolute atomic E-state index is 0. The third kappa shape index (κ3) is 3.76. The van der Waals surface area contributed by atoms with Crippen molar-refractivity contribution in [1.29, 1.82) is 0 Å². The zero-order chi connectivity index (χ0) is 17.3. The maximum atomic E-state index is 11.6. The summed E-state index contributed by atoms with van der Waals surface area (Å²) in [6.45, 7) is 8.09. The van der Waals surface area contributed by atoms with Crippen LogP contribution in [0.1, 0.15) is 20.8 Å². The monoisotopic (exact) mass is 345 g/mol. The SMILES string of the molecule is CC(C)(C)C1CN(c2cn[nH]c2-c2ccccc2)CCN1C(=O)O.N. The Morgan fingerprint density at radius 3 is 2.52 bits per heavy atom. The van der Waals surface area contributed by atoms with Gasteiger partial charge in [0.15, 0.2) is 0 Å². The summed E-state index contributed by atoms with van der Waals surface area (Å²) in [5.74, 6) is 0. The summed E-state index contributed by atoms with van der Waals surface area (Å²) >= 11 is 0. The number of nitrogens with zero attached hydrogens (tertiary/aromatic N) is 3. The van der Waals surface area contributed by atoms with Gasteiger partial charge in [0.1, 0.15) is 0 Å². The first-order valence-corrected chi connectivity index (χ1v) is 8.21. The van der Waals surface area contributed by atoms with Crippen molar-refractivity contribution in [2.24, 2.45) is 5.41 Å².